The topological polar surface area (TPSA) is 237 Å². The molecule has 0 amide bonds. The van der Waals surface area contributed by atoms with E-state index in [-0.39, 0.29) is 25.7 Å². The first-order chi connectivity index (χ1) is 45.1. The predicted octanol–water partition coefficient (Wildman–Crippen LogP) is 21.7. The standard InChI is InChI=1S/C75H146O17P2/c1-65(2)51-43-35-27-21-16-12-10-9-11-13-18-24-31-41-49-57-75(80)92-71(62-86-73(78)56-48-40-34-33-38-46-54-68(7)8)64-90-94(83,84)88-60-69(76)59-87-93(81,82)89-63-70(61-85-72(77)55-47-39-30-26-20-23-29-37-45-53-67(5)6)91-74(79)58-50-42-32-25-19-15-14-17-22-28-36-44-52-66(3)4/h65-71,76H,9-64H2,1-8H3,(H,81,82)(H,83,84)/t69?,70-,71-/m1/s1. The van der Waals surface area contributed by atoms with E-state index in [1.165, 1.54) is 173 Å². The van der Waals surface area contributed by atoms with Crippen molar-refractivity contribution in [2.45, 2.75) is 395 Å². The van der Waals surface area contributed by atoms with Gasteiger partial charge in [0.2, 0.25) is 0 Å². The van der Waals surface area contributed by atoms with Crippen LogP contribution in [0, 0.1) is 23.7 Å². The van der Waals surface area contributed by atoms with Crippen LogP contribution >= 0.6 is 15.6 Å². The number of carbonyl (C=O) groups excluding carboxylic acids is 4. The van der Waals surface area contributed by atoms with Crippen molar-refractivity contribution in [3.63, 3.8) is 0 Å². The van der Waals surface area contributed by atoms with Gasteiger partial charge in [-0.2, -0.15) is 0 Å². The molecule has 0 saturated carbocycles. The van der Waals surface area contributed by atoms with E-state index in [9.17, 15) is 43.2 Å². The van der Waals surface area contributed by atoms with E-state index in [1.807, 2.05) is 0 Å². The molecule has 558 valence electrons. The third-order valence-electron chi connectivity index (χ3n) is 17.3. The third kappa shape index (κ3) is 68.6. The smallest absolute Gasteiger partial charge is 0.462 e. The van der Waals surface area contributed by atoms with Crippen molar-refractivity contribution >= 4 is 39.5 Å². The van der Waals surface area contributed by atoms with Gasteiger partial charge in [-0.05, 0) is 49.4 Å². The number of carbonyl (C=O) groups is 4. The summed E-state index contributed by atoms with van der Waals surface area (Å²) in [5, 5.41) is 10.6. The molecule has 0 bridgehead atoms. The van der Waals surface area contributed by atoms with Gasteiger partial charge >= 0.3 is 39.5 Å². The van der Waals surface area contributed by atoms with Crippen LogP contribution in [0.5, 0.6) is 0 Å². The summed E-state index contributed by atoms with van der Waals surface area (Å²) in [6.45, 7) is 14.1. The molecular weight excluding hydrogens is 1230 g/mol. The zero-order valence-corrected chi connectivity index (χ0v) is 63.4. The van der Waals surface area contributed by atoms with Gasteiger partial charge in [-0.1, -0.05) is 325 Å². The van der Waals surface area contributed by atoms with Gasteiger partial charge in [0.05, 0.1) is 26.4 Å². The Morgan fingerprint density at radius 3 is 0.660 bits per heavy atom. The van der Waals surface area contributed by atoms with Gasteiger partial charge in [-0.3, -0.25) is 37.3 Å². The van der Waals surface area contributed by atoms with Crippen LogP contribution in [0.4, 0.5) is 0 Å². The first kappa shape index (κ1) is 92.1. The number of unbranched alkanes of at least 4 members (excludes halogenated alkanes) is 38. The number of aliphatic hydroxyl groups excluding tert-OH is 1. The molecule has 0 fully saturated rings. The summed E-state index contributed by atoms with van der Waals surface area (Å²) in [6, 6.07) is 0. The lowest BCUT2D eigenvalue weighted by molar-refractivity contribution is -0.161. The molecule has 0 spiro atoms. The maximum absolute atomic E-state index is 13.1. The molecule has 0 aliphatic carbocycles. The minimum absolute atomic E-state index is 0.106. The number of phosphoric acid groups is 2. The molecule has 3 N–H and O–H groups in total. The fourth-order valence-corrected chi connectivity index (χ4v) is 13.0. The summed E-state index contributed by atoms with van der Waals surface area (Å²) < 4.78 is 68.5. The highest BCUT2D eigenvalue weighted by molar-refractivity contribution is 7.47. The number of phosphoric ester groups is 2. The molecule has 0 aromatic heterocycles. The summed E-state index contributed by atoms with van der Waals surface area (Å²) in [7, 11) is -9.91. The molecule has 0 heterocycles. The first-order valence-electron chi connectivity index (χ1n) is 38.7. The minimum atomic E-state index is -4.96. The van der Waals surface area contributed by atoms with E-state index in [0.29, 0.717) is 31.6 Å². The molecular formula is C75H146O17P2. The van der Waals surface area contributed by atoms with Crippen molar-refractivity contribution in [1.29, 1.82) is 0 Å². The van der Waals surface area contributed by atoms with Gasteiger partial charge in [-0.15, -0.1) is 0 Å². The molecule has 0 radical (unpaired) electrons. The van der Waals surface area contributed by atoms with Crippen LogP contribution < -0.4 is 0 Å². The van der Waals surface area contributed by atoms with E-state index in [1.54, 1.807) is 0 Å². The molecule has 5 atom stereocenters. The number of ether oxygens (including phenoxy) is 4. The second-order valence-corrected chi connectivity index (χ2v) is 31.9. The van der Waals surface area contributed by atoms with E-state index >= 15 is 0 Å². The highest BCUT2D eigenvalue weighted by Crippen LogP contribution is 2.45. The van der Waals surface area contributed by atoms with Crippen molar-refractivity contribution < 1.29 is 80.2 Å². The third-order valence-corrected chi connectivity index (χ3v) is 19.2. The average Bonchev–Trinajstić information content (AvgIpc) is 2.03. The number of hydrogen-bond donors (Lipinski definition) is 3. The molecule has 19 heteroatoms. The normalized spacial score (nSPS) is 14.2. The zero-order valence-electron chi connectivity index (χ0n) is 61.6. The Hall–Kier alpha value is -1.94. The van der Waals surface area contributed by atoms with Crippen LogP contribution in [0.2, 0.25) is 0 Å². The van der Waals surface area contributed by atoms with Crippen LogP contribution in [0.25, 0.3) is 0 Å². The largest absolute Gasteiger partial charge is 0.472 e. The van der Waals surface area contributed by atoms with Gasteiger partial charge in [0, 0.05) is 25.7 Å². The Labute approximate surface area is 575 Å². The van der Waals surface area contributed by atoms with Crippen LogP contribution in [0.1, 0.15) is 376 Å². The van der Waals surface area contributed by atoms with E-state index in [0.717, 1.165) is 114 Å². The molecule has 3 unspecified atom stereocenters. The Morgan fingerprint density at radius 1 is 0.266 bits per heavy atom. The van der Waals surface area contributed by atoms with E-state index in [4.69, 9.17) is 37.0 Å². The fourth-order valence-electron chi connectivity index (χ4n) is 11.4. The lowest BCUT2D eigenvalue weighted by Crippen LogP contribution is -2.30. The highest BCUT2D eigenvalue weighted by Gasteiger charge is 2.30. The monoisotopic (exact) mass is 1380 g/mol. The van der Waals surface area contributed by atoms with Gasteiger partial charge < -0.3 is 33.8 Å². The molecule has 0 aromatic carbocycles. The lowest BCUT2D eigenvalue weighted by atomic mass is 10.0. The number of hydrogen-bond acceptors (Lipinski definition) is 15. The minimum Gasteiger partial charge on any atom is -0.462 e. The maximum atomic E-state index is 13.1. The maximum Gasteiger partial charge on any atom is 0.472 e. The molecule has 0 aliphatic heterocycles. The van der Waals surface area contributed by atoms with Crippen LogP contribution in [-0.4, -0.2) is 96.7 Å². The lowest BCUT2D eigenvalue weighted by Gasteiger charge is -2.21. The molecule has 0 aliphatic rings. The number of aliphatic hydroxyl groups is 1. The van der Waals surface area contributed by atoms with Crippen molar-refractivity contribution in [2.24, 2.45) is 23.7 Å². The van der Waals surface area contributed by atoms with Crippen molar-refractivity contribution in [3.05, 3.63) is 0 Å². The van der Waals surface area contributed by atoms with Gasteiger partial charge in [-0.25, -0.2) is 9.13 Å². The van der Waals surface area contributed by atoms with Crippen molar-refractivity contribution in [3.8, 4) is 0 Å². The summed E-state index contributed by atoms with van der Waals surface area (Å²) in [4.78, 5) is 72.7. The molecule has 0 aromatic rings. The van der Waals surface area contributed by atoms with Crippen molar-refractivity contribution in [1.82, 2.24) is 0 Å². The van der Waals surface area contributed by atoms with E-state index in [2.05, 4.69) is 55.4 Å². The van der Waals surface area contributed by atoms with Gasteiger partial charge in [0.1, 0.15) is 19.3 Å². The second-order valence-electron chi connectivity index (χ2n) is 28.9. The predicted molar refractivity (Wildman–Crippen MR) is 381 cm³/mol. The second kappa shape index (κ2) is 64.4. The molecule has 17 nitrogen and oxygen atoms in total. The zero-order chi connectivity index (χ0) is 69.6. The average molecular weight is 1380 g/mol. The molecule has 94 heavy (non-hydrogen) atoms. The summed E-state index contributed by atoms with van der Waals surface area (Å²) in [6.07, 6.45) is 48.7. The Bertz CT molecular complexity index is 1850. The Balaban J connectivity index is 5.22. The summed E-state index contributed by atoms with van der Waals surface area (Å²) in [5.41, 5.74) is 0. The van der Waals surface area contributed by atoms with Crippen LogP contribution in [0.15, 0.2) is 0 Å². The highest BCUT2D eigenvalue weighted by atomic mass is 31.2. The number of rotatable bonds is 72. The Morgan fingerprint density at radius 2 is 0.447 bits per heavy atom. The molecule has 0 saturated heterocycles. The van der Waals surface area contributed by atoms with Gasteiger partial charge in [0.25, 0.3) is 0 Å². The number of esters is 4. The Kier molecular flexibility index (Phi) is 63.1. The molecule has 0 rings (SSSR count). The van der Waals surface area contributed by atoms with Gasteiger partial charge in [0.15, 0.2) is 12.2 Å². The van der Waals surface area contributed by atoms with Crippen LogP contribution in [0.3, 0.4) is 0 Å². The quantitative estimate of drug-likeness (QED) is 0.0222. The SMILES string of the molecule is CC(C)CCCCCCCCCCCCCCCCCC(=O)O[C@H](COC(=O)CCCCCCCCC(C)C)COP(=O)(O)OCC(O)COP(=O)(O)OC[C@@H](COC(=O)CCCCCCCCCCCC(C)C)OC(=O)CCCCCCCCCCCCCCC(C)C. The first-order valence-corrected chi connectivity index (χ1v) is 41.7. The summed E-state index contributed by atoms with van der Waals surface area (Å²) >= 11 is 0. The fraction of sp³-hybridized carbons (Fsp3) is 0.947. The van der Waals surface area contributed by atoms with Crippen molar-refractivity contribution in [2.75, 3.05) is 39.6 Å². The van der Waals surface area contributed by atoms with Crippen LogP contribution in [-0.2, 0) is 65.4 Å². The van der Waals surface area contributed by atoms with E-state index < -0.39 is 97.5 Å². The summed E-state index contributed by atoms with van der Waals surface area (Å²) in [5.74, 6) is 0.879.